The van der Waals surface area contributed by atoms with E-state index in [0.29, 0.717) is 56.8 Å². The highest BCUT2D eigenvalue weighted by Crippen LogP contribution is 2.36. The molecule has 408 valence electrons. The molecule has 0 saturated heterocycles. The molecule has 0 aliphatic rings. The van der Waals surface area contributed by atoms with Crippen LogP contribution in [0.15, 0.2) is 30.3 Å². The van der Waals surface area contributed by atoms with Crippen LogP contribution < -0.4 is 18.9 Å². The number of hydrogen-bond donors (Lipinski definition) is 1. The van der Waals surface area contributed by atoms with Gasteiger partial charge in [-0.1, -0.05) is 111 Å². The van der Waals surface area contributed by atoms with Crippen molar-refractivity contribution in [2.24, 2.45) is 0 Å². The van der Waals surface area contributed by atoms with Gasteiger partial charge in [-0.05, 0) is 68.3 Å². The standard InChI is InChI=1S/C13H15B5O4S.C12H13B4FO4S.C11H13B3O4S.C9H9BO6S/c14-3-8-9(4-15)11(6-17)13(12(7-18)10(8)5-16)22-1-2-23(19,20)21;13-3-7-9(5-15)12(21-1-2-22(18,19)20)10(6-16)8(4-14)11(7)17;12-5-8-3-10(7-14)11(4-9(8)6-13)18-1-2-19(15,16)17;10-4-6-7(11)2-1-3-8(6)16-9(12)5-17(13,14)15/h1-7H2,(H,19,20,21);1-6H2,(H,18,19,20);3-4H,1-2,5-7H2,(H,15,16,17);1-3,11H,4-5H2,(H,13,14,15)/p-4. The van der Waals surface area contributed by atoms with Crippen LogP contribution in [0.3, 0.4) is 0 Å². The van der Waals surface area contributed by atoms with Crippen LogP contribution in [0.1, 0.15) is 72.3 Å². The number of carbonyl (C=O) groups excluding carboxylic acids is 1. The van der Waals surface area contributed by atoms with Gasteiger partial charge in [-0.3, -0.25) is 4.79 Å². The fourth-order valence-electron chi connectivity index (χ4n) is 7.57. The first kappa shape index (κ1) is 75.0. The van der Waals surface area contributed by atoms with E-state index in [0.717, 1.165) is 16.7 Å². The van der Waals surface area contributed by atoms with Gasteiger partial charge in [0, 0.05) is 5.56 Å². The molecule has 18 nitrogen and oxygen atoms in total. The first-order valence-corrected chi connectivity index (χ1v) is 30.1. The summed E-state index contributed by atoms with van der Waals surface area (Å²) in [6, 6.07) is 7.52. The molecular formula is C45H46B13FO18S4-4. The number of rotatable bonds is 28. The summed E-state index contributed by atoms with van der Waals surface area (Å²) in [6.07, 6.45) is 1.09. The lowest BCUT2D eigenvalue weighted by Gasteiger charge is -2.25. The largest absolute Gasteiger partial charge is 0.748 e. The van der Waals surface area contributed by atoms with Crippen LogP contribution in [0.5, 0.6) is 28.7 Å². The van der Waals surface area contributed by atoms with Gasteiger partial charge >= 0.3 is 5.97 Å². The Morgan fingerprint density at radius 1 is 0.420 bits per heavy atom. The predicted octanol–water partition coefficient (Wildman–Crippen LogP) is -2.50. The maximum absolute atomic E-state index is 14.4. The molecule has 0 aromatic heterocycles. The van der Waals surface area contributed by atoms with Gasteiger partial charge in [0.2, 0.25) is 0 Å². The van der Waals surface area contributed by atoms with Gasteiger partial charge in [-0.25, -0.2) is 38.1 Å². The van der Waals surface area contributed by atoms with E-state index in [2.05, 4.69) is 4.74 Å². The molecule has 81 heavy (non-hydrogen) atoms. The maximum Gasteiger partial charge on any atom is 0.325 e. The SMILES string of the molecule is [B]Cc1c(C[B])c(C[B])c(OCCS(=O)(=O)[O-])c(C[B])c1C[B].[B]Cc1c(F)c(C[B])c(C[B])c(OCCS(=O)(=O)[O-])c1C[B].[B]Cc1c(O)cccc1OC(=O)CS(=O)(=O)[O-].[B]Cc1cc(C[B])c(OCCS(=O)(=O)[O-])cc1C[B]. The molecule has 0 aliphatic heterocycles. The van der Waals surface area contributed by atoms with Crippen molar-refractivity contribution in [2.75, 3.05) is 42.8 Å². The van der Waals surface area contributed by atoms with E-state index in [-0.39, 0.29) is 123 Å². The Labute approximate surface area is 492 Å². The second-order valence-electron chi connectivity index (χ2n) is 16.4. The van der Waals surface area contributed by atoms with Gasteiger partial charge < -0.3 is 42.3 Å². The third kappa shape index (κ3) is 24.6. The minimum absolute atomic E-state index is 0.0684. The molecule has 0 saturated carbocycles. The summed E-state index contributed by atoms with van der Waals surface area (Å²) in [5.74, 6) is -4.38. The van der Waals surface area contributed by atoms with Crippen molar-refractivity contribution in [3.63, 3.8) is 0 Å². The zero-order chi connectivity index (χ0) is 62.1. The molecule has 26 radical (unpaired) electrons. The maximum atomic E-state index is 14.4. The van der Waals surface area contributed by atoms with Crippen molar-refractivity contribution in [3.8, 4) is 28.7 Å². The third-order valence-electron chi connectivity index (χ3n) is 11.3. The van der Waals surface area contributed by atoms with Gasteiger partial charge in [0.05, 0.1) is 150 Å². The van der Waals surface area contributed by atoms with Crippen LogP contribution in [0.2, 0.25) is 0 Å². The molecule has 36 heteroatoms. The van der Waals surface area contributed by atoms with Crippen molar-refractivity contribution in [1.82, 2.24) is 0 Å². The van der Waals surface area contributed by atoms with E-state index in [1.165, 1.54) is 18.2 Å². The number of carbonyl (C=O) groups is 1. The number of hydrogen-bond acceptors (Lipinski definition) is 18. The summed E-state index contributed by atoms with van der Waals surface area (Å²) in [4.78, 5) is 11.1. The van der Waals surface area contributed by atoms with Crippen molar-refractivity contribution in [3.05, 3.63) is 108 Å². The highest BCUT2D eigenvalue weighted by Gasteiger charge is 2.23. The summed E-state index contributed by atoms with van der Waals surface area (Å²) in [7, 11) is 55.6. The fraction of sp³-hybridized carbons (Fsp3) is 0.444. The normalized spacial score (nSPS) is 11.4. The lowest BCUT2D eigenvalue weighted by atomic mass is 9.72. The summed E-state index contributed by atoms with van der Waals surface area (Å²) >= 11 is 0. The van der Waals surface area contributed by atoms with Crippen LogP contribution >= 0.6 is 0 Å². The number of ether oxygens (including phenoxy) is 4. The zero-order valence-corrected chi connectivity index (χ0v) is 47.2. The van der Waals surface area contributed by atoms with E-state index in [1.807, 2.05) is 0 Å². The molecule has 0 spiro atoms. The van der Waals surface area contributed by atoms with Crippen LogP contribution in [-0.4, -0.2) is 208 Å². The Bertz CT molecular complexity index is 3120. The number of aromatic hydroxyl groups is 1. The average molecular weight is 1160 g/mol. The Hall–Kier alpha value is -4.04. The number of esters is 1. The molecule has 0 unspecified atom stereocenters. The summed E-state index contributed by atoms with van der Waals surface area (Å²) in [6.45, 7) is -0.919. The highest BCUT2D eigenvalue weighted by atomic mass is 32.2. The number of benzene rings is 4. The van der Waals surface area contributed by atoms with Crippen LogP contribution in [0, 0.1) is 5.82 Å². The quantitative estimate of drug-likeness (QED) is 0.0266. The third-order valence-corrected chi connectivity index (χ3v) is 13.9. The minimum Gasteiger partial charge on any atom is -0.748 e. The second kappa shape index (κ2) is 36.0. The molecule has 4 aromatic rings. The summed E-state index contributed by atoms with van der Waals surface area (Å²) < 4.78 is 162. The summed E-state index contributed by atoms with van der Waals surface area (Å²) in [5, 5.41) is 9.39. The average Bonchev–Trinajstić information content (AvgIpc) is 3.38. The topological polar surface area (TPSA) is 303 Å². The molecule has 4 rings (SSSR count). The van der Waals surface area contributed by atoms with Crippen molar-refractivity contribution in [2.45, 2.75) is 82.2 Å². The zero-order valence-electron chi connectivity index (χ0n) is 43.9. The molecule has 0 bridgehead atoms. The van der Waals surface area contributed by atoms with E-state index in [9.17, 15) is 66.2 Å². The lowest BCUT2D eigenvalue weighted by Crippen LogP contribution is -2.20. The predicted molar refractivity (Wildman–Crippen MR) is 311 cm³/mol. The van der Waals surface area contributed by atoms with Gasteiger partial charge in [0.25, 0.3) is 0 Å². The van der Waals surface area contributed by atoms with E-state index in [1.54, 1.807) is 12.1 Å². The van der Waals surface area contributed by atoms with E-state index in [4.69, 9.17) is 116 Å². The molecule has 4 aromatic carbocycles. The van der Waals surface area contributed by atoms with Gasteiger partial charge in [0.1, 0.15) is 70.3 Å². The Kier molecular flexibility index (Phi) is 33.3. The summed E-state index contributed by atoms with van der Waals surface area (Å²) in [5.41, 5.74) is 6.81. The Morgan fingerprint density at radius 2 is 0.753 bits per heavy atom. The van der Waals surface area contributed by atoms with Crippen molar-refractivity contribution < 1.29 is 85.1 Å². The Morgan fingerprint density at radius 3 is 1.09 bits per heavy atom. The second-order valence-corrected chi connectivity index (χ2v) is 22.4. The van der Waals surface area contributed by atoms with Gasteiger partial charge in [0.15, 0.2) is 0 Å². The molecule has 0 heterocycles. The Balaban J connectivity index is 0.000000543. The monoisotopic (exact) mass is 1160 g/mol. The molecule has 0 fully saturated rings. The van der Waals surface area contributed by atoms with Crippen LogP contribution in [0.25, 0.3) is 0 Å². The molecule has 0 amide bonds. The van der Waals surface area contributed by atoms with Crippen LogP contribution in [0.4, 0.5) is 4.39 Å². The van der Waals surface area contributed by atoms with E-state index < -0.39 is 81.9 Å². The smallest absolute Gasteiger partial charge is 0.325 e. The van der Waals surface area contributed by atoms with E-state index >= 15 is 0 Å². The lowest BCUT2D eigenvalue weighted by molar-refractivity contribution is -0.131. The number of phenolic OH excluding ortho intramolecular Hbond substituents is 1. The number of phenols is 1. The number of halogens is 1. The highest BCUT2D eigenvalue weighted by molar-refractivity contribution is 7.86. The first-order chi connectivity index (χ1) is 37.9. The fourth-order valence-corrected chi connectivity index (χ4v) is 8.78. The van der Waals surface area contributed by atoms with Gasteiger partial charge in [-0.2, -0.15) is 0 Å². The van der Waals surface area contributed by atoms with Crippen molar-refractivity contribution in [1.29, 1.82) is 0 Å². The molecular weight excluding hydrogens is 1120 g/mol. The molecule has 0 aliphatic carbocycles. The molecule has 0 atom stereocenters. The van der Waals surface area contributed by atoms with Gasteiger partial charge in [-0.15, -0.1) is 0 Å². The molecule has 1 N–H and O–H groups in total. The van der Waals surface area contributed by atoms with Crippen LogP contribution in [-0.2, 0) is 127 Å². The first-order valence-electron chi connectivity index (χ1n) is 23.8. The van der Waals surface area contributed by atoms with Crippen molar-refractivity contribution >= 4 is 148 Å². The minimum atomic E-state index is -4.69.